The van der Waals surface area contributed by atoms with Gasteiger partial charge in [-0.15, -0.1) is 0 Å². The van der Waals surface area contributed by atoms with Gasteiger partial charge in [0.2, 0.25) is 5.88 Å². The van der Waals surface area contributed by atoms with Gasteiger partial charge < -0.3 is 19.9 Å². The molecular weight excluding hydrogens is 374 g/mol. The zero-order chi connectivity index (χ0) is 20.6. The monoisotopic (exact) mass is 399 g/mol. The molecule has 0 amide bonds. The molecule has 0 fully saturated rings. The fraction of sp³-hybridized carbons (Fsp3) is 0.381. The zero-order valence-corrected chi connectivity index (χ0v) is 16.4. The average Bonchev–Trinajstić information content (AvgIpc) is 3.18. The van der Waals surface area contributed by atoms with Crippen LogP contribution in [0.5, 0.6) is 0 Å². The first-order chi connectivity index (χ1) is 14.1. The quantitative estimate of drug-likeness (QED) is 0.510. The third-order valence-electron chi connectivity index (χ3n) is 4.49. The van der Waals surface area contributed by atoms with Crippen molar-refractivity contribution in [1.29, 1.82) is 0 Å². The lowest BCUT2D eigenvalue weighted by Gasteiger charge is -2.13. The maximum absolute atomic E-state index is 12.2. The van der Waals surface area contributed by atoms with Crippen molar-refractivity contribution < 1.29 is 19.0 Å². The van der Waals surface area contributed by atoms with E-state index in [-0.39, 0.29) is 18.3 Å². The Kier molecular flexibility index (Phi) is 6.89. The van der Waals surface area contributed by atoms with Gasteiger partial charge in [-0.1, -0.05) is 38.3 Å². The highest BCUT2D eigenvalue weighted by Crippen LogP contribution is 2.18. The van der Waals surface area contributed by atoms with Gasteiger partial charge in [0.05, 0.1) is 5.56 Å². The maximum atomic E-state index is 12.2. The van der Waals surface area contributed by atoms with E-state index in [1.165, 1.54) is 43.4 Å². The Balaban J connectivity index is 1.46. The number of nitrogens with two attached hydrogens (primary N) is 1. The number of esters is 1. The highest BCUT2D eigenvalue weighted by molar-refractivity contribution is 5.89. The van der Waals surface area contributed by atoms with Crippen molar-refractivity contribution in [3.8, 4) is 0 Å². The first-order valence-corrected chi connectivity index (χ1v) is 9.70. The van der Waals surface area contributed by atoms with E-state index in [0.717, 1.165) is 17.4 Å². The number of unbranched alkanes of at least 4 members (excludes halogenated alkanes) is 3. The van der Waals surface area contributed by atoms with Crippen LogP contribution in [0.15, 0.2) is 47.6 Å². The molecule has 2 heterocycles. The topological polar surface area (TPSA) is 106 Å². The lowest BCUT2D eigenvalue weighted by molar-refractivity contribution is -0.0640. The van der Waals surface area contributed by atoms with E-state index in [0.29, 0.717) is 5.56 Å². The predicted molar refractivity (Wildman–Crippen MR) is 108 cm³/mol. The summed E-state index contributed by atoms with van der Waals surface area (Å²) in [6, 6.07) is 8.89. The lowest BCUT2D eigenvalue weighted by atomic mass is 10.0. The summed E-state index contributed by atoms with van der Waals surface area (Å²) in [6.45, 7) is 2.07. The number of anilines is 1. The molecule has 1 aliphatic rings. The van der Waals surface area contributed by atoms with Gasteiger partial charge in [-0.2, -0.15) is 4.98 Å². The summed E-state index contributed by atoms with van der Waals surface area (Å²) >= 11 is 0. The Morgan fingerprint density at radius 3 is 2.72 bits per heavy atom. The summed E-state index contributed by atoms with van der Waals surface area (Å²) in [5.41, 5.74) is 6.54. The minimum absolute atomic E-state index is 0.114. The standard InChI is InChI=1S/C21H25N3O5/c1-2-3-4-5-6-15-7-9-16(10-8-15)20(25)28-14-19-27-13-18(29-19)24-12-11-17(22)23-21(24)26/h7-13,19H,2-6,14H2,1H3,(H2,22,23,26). The highest BCUT2D eigenvalue weighted by atomic mass is 16.7. The van der Waals surface area contributed by atoms with Gasteiger partial charge in [0.15, 0.2) is 6.61 Å². The van der Waals surface area contributed by atoms with Crippen LogP contribution in [0.4, 0.5) is 5.82 Å². The number of hydrogen-bond donors (Lipinski definition) is 1. The van der Waals surface area contributed by atoms with Gasteiger partial charge in [-0.25, -0.2) is 14.2 Å². The molecule has 1 aromatic carbocycles. The molecular formula is C21H25N3O5. The van der Waals surface area contributed by atoms with E-state index in [4.69, 9.17) is 19.9 Å². The van der Waals surface area contributed by atoms with Crippen LogP contribution in [0.3, 0.4) is 0 Å². The van der Waals surface area contributed by atoms with Crippen molar-refractivity contribution in [2.75, 3.05) is 12.3 Å². The van der Waals surface area contributed by atoms with Crippen LogP contribution in [0.2, 0.25) is 0 Å². The Bertz CT molecular complexity index is 921. The summed E-state index contributed by atoms with van der Waals surface area (Å²) < 4.78 is 17.2. The molecule has 0 aliphatic carbocycles. The fourth-order valence-electron chi connectivity index (χ4n) is 2.89. The number of benzene rings is 1. The molecule has 1 aliphatic heterocycles. The maximum Gasteiger partial charge on any atom is 0.356 e. The Hall–Kier alpha value is -3.29. The number of nitrogen functional groups attached to an aromatic ring is 1. The Morgan fingerprint density at radius 1 is 1.21 bits per heavy atom. The van der Waals surface area contributed by atoms with E-state index < -0.39 is 17.9 Å². The van der Waals surface area contributed by atoms with E-state index in [2.05, 4.69) is 11.9 Å². The number of ether oxygens (including phenoxy) is 3. The third kappa shape index (κ3) is 5.60. The average molecular weight is 399 g/mol. The van der Waals surface area contributed by atoms with Crippen molar-refractivity contribution in [3.63, 3.8) is 0 Å². The number of carbonyl (C=O) groups excluding carboxylic acids is 1. The van der Waals surface area contributed by atoms with Crippen molar-refractivity contribution >= 4 is 17.7 Å². The van der Waals surface area contributed by atoms with Crippen molar-refractivity contribution in [1.82, 2.24) is 9.55 Å². The first-order valence-electron chi connectivity index (χ1n) is 9.70. The van der Waals surface area contributed by atoms with Crippen LogP contribution in [-0.4, -0.2) is 28.4 Å². The van der Waals surface area contributed by atoms with E-state index in [1.54, 1.807) is 12.1 Å². The SMILES string of the molecule is CCCCCCc1ccc(C(=O)OCC2OC=C(n3ccc(N)nc3=O)O2)cc1. The fourth-order valence-corrected chi connectivity index (χ4v) is 2.89. The molecule has 1 atom stereocenters. The summed E-state index contributed by atoms with van der Waals surface area (Å²) in [6.07, 6.45) is 7.69. The number of aryl methyl sites for hydroxylation is 1. The molecule has 2 aromatic rings. The Morgan fingerprint density at radius 2 is 2.00 bits per heavy atom. The van der Waals surface area contributed by atoms with Crippen LogP contribution in [0.1, 0.15) is 48.5 Å². The van der Waals surface area contributed by atoms with Crippen molar-refractivity contribution in [2.24, 2.45) is 0 Å². The summed E-state index contributed by atoms with van der Waals surface area (Å²) in [5, 5.41) is 0. The molecule has 29 heavy (non-hydrogen) atoms. The van der Waals surface area contributed by atoms with Gasteiger partial charge in [-0.05, 0) is 36.6 Å². The molecule has 1 unspecified atom stereocenters. The number of carbonyl (C=O) groups is 1. The largest absolute Gasteiger partial charge is 0.454 e. The molecule has 0 radical (unpaired) electrons. The van der Waals surface area contributed by atoms with Crippen LogP contribution in [-0.2, 0) is 20.6 Å². The Labute approximate surface area is 168 Å². The lowest BCUT2D eigenvalue weighted by Crippen LogP contribution is -2.25. The number of nitrogens with zero attached hydrogens (tertiary/aromatic N) is 2. The second-order valence-corrected chi connectivity index (χ2v) is 6.75. The van der Waals surface area contributed by atoms with Gasteiger partial charge in [0, 0.05) is 6.20 Å². The first kappa shape index (κ1) is 20.4. The van der Waals surface area contributed by atoms with Crippen LogP contribution in [0.25, 0.3) is 5.88 Å². The smallest absolute Gasteiger partial charge is 0.356 e. The second kappa shape index (κ2) is 9.77. The molecule has 0 saturated heterocycles. The minimum atomic E-state index is -0.837. The molecule has 3 rings (SSSR count). The summed E-state index contributed by atoms with van der Waals surface area (Å²) in [4.78, 5) is 27.7. The highest BCUT2D eigenvalue weighted by Gasteiger charge is 2.23. The van der Waals surface area contributed by atoms with Crippen molar-refractivity contribution in [3.05, 3.63) is 64.4 Å². The van der Waals surface area contributed by atoms with Gasteiger partial charge in [0.25, 0.3) is 6.29 Å². The molecule has 8 heteroatoms. The van der Waals surface area contributed by atoms with E-state index in [1.807, 2.05) is 12.1 Å². The van der Waals surface area contributed by atoms with E-state index >= 15 is 0 Å². The number of rotatable bonds is 9. The zero-order valence-electron chi connectivity index (χ0n) is 16.4. The van der Waals surface area contributed by atoms with E-state index in [9.17, 15) is 9.59 Å². The van der Waals surface area contributed by atoms with Gasteiger partial charge in [0.1, 0.15) is 12.1 Å². The number of aromatic nitrogens is 2. The second-order valence-electron chi connectivity index (χ2n) is 6.75. The van der Waals surface area contributed by atoms with Crippen LogP contribution < -0.4 is 11.4 Å². The summed E-state index contributed by atoms with van der Waals surface area (Å²) in [5.74, 6) is -0.200. The molecule has 0 bridgehead atoms. The van der Waals surface area contributed by atoms with Crippen LogP contribution >= 0.6 is 0 Å². The molecule has 154 valence electrons. The minimum Gasteiger partial charge on any atom is -0.454 e. The van der Waals surface area contributed by atoms with Crippen LogP contribution in [0, 0.1) is 0 Å². The van der Waals surface area contributed by atoms with Gasteiger partial charge >= 0.3 is 11.7 Å². The molecule has 8 nitrogen and oxygen atoms in total. The summed E-state index contributed by atoms with van der Waals surface area (Å²) in [7, 11) is 0. The van der Waals surface area contributed by atoms with Crippen molar-refractivity contribution in [2.45, 2.75) is 45.3 Å². The molecule has 2 N–H and O–H groups in total. The predicted octanol–water partition coefficient (Wildman–Crippen LogP) is 2.93. The van der Waals surface area contributed by atoms with Gasteiger partial charge in [-0.3, -0.25) is 0 Å². The molecule has 1 aromatic heterocycles. The molecule has 0 spiro atoms. The molecule has 0 saturated carbocycles. The normalized spacial score (nSPS) is 15.3. The number of hydrogen-bond acceptors (Lipinski definition) is 7. The third-order valence-corrected chi connectivity index (χ3v) is 4.49.